The van der Waals surface area contributed by atoms with E-state index in [-0.39, 0.29) is 5.56 Å². The second-order valence-corrected chi connectivity index (χ2v) is 8.30. The summed E-state index contributed by atoms with van der Waals surface area (Å²) < 4.78 is 21.6. The molecule has 0 aliphatic rings. The van der Waals surface area contributed by atoms with E-state index in [2.05, 4.69) is 6.58 Å². The van der Waals surface area contributed by atoms with Crippen LogP contribution in [0.3, 0.4) is 0 Å². The summed E-state index contributed by atoms with van der Waals surface area (Å²) in [5, 5.41) is 9.03. The Hall–Kier alpha value is -4.59. The number of carbonyl (C=O) groups is 3. The van der Waals surface area contributed by atoms with E-state index in [0.717, 1.165) is 42.9 Å². The zero-order chi connectivity index (χ0) is 27.3. The highest BCUT2D eigenvalue weighted by atomic mass is 16.5. The number of unbranched alkanes of at least 4 members (excludes halogenated alkanes) is 3. The molecule has 8 heteroatoms. The van der Waals surface area contributed by atoms with E-state index in [0.29, 0.717) is 36.0 Å². The summed E-state index contributed by atoms with van der Waals surface area (Å²) in [6.07, 6.45) is 4.58. The monoisotopic (exact) mass is 518 g/mol. The number of benzene rings is 3. The van der Waals surface area contributed by atoms with Gasteiger partial charge in [0.2, 0.25) is 0 Å². The maximum atomic E-state index is 12.7. The minimum Gasteiger partial charge on any atom is -0.493 e. The number of aromatic carboxylic acids is 1. The number of hydrogen-bond acceptors (Lipinski definition) is 7. The molecular weight excluding hydrogens is 488 g/mol. The molecule has 0 aliphatic heterocycles. The first kappa shape index (κ1) is 28.0. The fourth-order valence-corrected chi connectivity index (χ4v) is 3.57. The minimum atomic E-state index is -0.979. The van der Waals surface area contributed by atoms with Crippen LogP contribution in [-0.2, 0) is 9.53 Å². The standard InChI is InChI=1S/C30H30O8/c1-3-28(31)37-19-7-5-4-6-18-36-26-17-14-24(20-27(26)35-2)30(34)38-25-15-12-22(13-16-25)21-8-10-23(11-9-21)29(32)33/h3,8-17,20H,1,4-7,18-19H2,2H3,(H,32,33). The van der Waals surface area contributed by atoms with E-state index < -0.39 is 17.9 Å². The van der Waals surface area contributed by atoms with Gasteiger partial charge in [0.15, 0.2) is 11.5 Å². The molecule has 3 rings (SSSR count). The summed E-state index contributed by atoms with van der Waals surface area (Å²) in [6.45, 7) is 4.22. The topological polar surface area (TPSA) is 108 Å². The SMILES string of the molecule is C=CC(=O)OCCCCCCOc1ccc(C(=O)Oc2ccc(-c3ccc(C(=O)O)cc3)cc2)cc1OC. The normalized spacial score (nSPS) is 10.3. The maximum Gasteiger partial charge on any atom is 0.343 e. The van der Waals surface area contributed by atoms with Crippen molar-refractivity contribution in [3.8, 4) is 28.4 Å². The molecule has 0 bridgehead atoms. The van der Waals surface area contributed by atoms with Gasteiger partial charge in [0.05, 0.1) is 31.5 Å². The van der Waals surface area contributed by atoms with Crippen molar-refractivity contribution in [3.05, 3.63) is 90.5 Å². The molecule has 0 amide bonds. The van der Waals surface area contributed by atoms with Gasteiger partial charge in [-0.2, -0.15) is 0 Å². The van der Waals surface area contributed by atoms with Gasteiger partial charge in [-0.05, 0) is 79.3 Å². The third-order valence-corrected chi connectivity index (χ3v) is 5.64. The summed E-state index contributed by atoms with van der Waals surface area (Å²) in [7, 11) is 1.50. The predicted octanol–water partition coefficient (Wildman–Crippen LogP) is 5.95. The molecular formula is C30H30O8. The number of esters is 2. The number of carboxylic acid groups (broad SMARTS) is 1. The zero-order valence-electron chi connectivity index (χ0n) is 21.2. The van der Waals surface area contributed by atoms with Crippen molar-refractivity contribution in [2.24, 2.45) is 0 Å². The molecule has 38 heavy (non-hydrogen) atoms. The lowest BCUT2D eigenvalue weighted by Crippen LogP contribution is -2.09. The Morgan fingerprint density at radius 1 is 0.789 bits per heavy atom. The van der Waals surface area contributed by atoms with Crippen LogP contribution in [0.4, 0.5) is 0 Å². The first-order chi connectivity index (χ1) is 18.4. The highest BCUT2D eigenvalue weighted by Crippen LogP contribution is 2.29. The third kappa shape index (κ3) is 8.23. The molecule has 0 aromatic heterocycles. The smallest absolute Gasteiger partial charge is 0.343 e. The highest BCUT2D eigenvalue weighted by Gasteiger charge is 2.14. The van der Waals surface area contributed by atoms with Gasteiger partial charge in [-0.1, -0.05) is 30.8 Å². The van der Waals surface area contributed by atoms with Gasteiger partial charge in [-0.3, -0.25) is 0 Å². The van der Waals surface area contributed by atoms with Crippen molar-refractivity contribution in [1.82, 2.24) is 0 Å². The lowest BCUT2D eigenvalue weighted by atomic mass is 10.0. The molecule has 0 aliphatic carbocycles. The summed E-state index contributed by atoms with van der Waals surface area (Å²) >= 11 is 0. The second-order valence-electron chi connectivity index (χ2n) is 8.30. The molecule has 8 nitrogen and oxygen atoms in total. The molecule has 1 N–H and O–H groups in total. The van der Waals surface area contributed by atoms with Crippen LogP contribution in [0.15, 0.2) is 79.4 Å². The third-order valence-electron chi connectivity index (χ3n) is 5.64. The first-order valence-electron chi connectivity index (χ1n) is 12.2. The molecule has 0 heterocycles. The largest absolute Gasteiger partial charge is 0.493 e. The Labute approximate surface area is 221 Å². The summed E-state index contributed by atoms with van der Waals surface area (Å²) in [6, 6.07) is 18.3. The van der Waals surface area contributed by atoms with Crippen LogP contribution in [0.5, 0.6) is 17.2 Å². The summed E-state index contributed by atoms with van der Waals surface area (Å²) in [4.78, 5) is 34.7. The average molecular weight is 519 g/mol. The molecule has 3 aromatic rings. The average Bonchev–Trinajstić information content (AvgIpc) is 2.94. The number of carboxylic acids is 1. The van der Waals surface area contributed by atoms with Gasteiger partial charge < -0.3 is 24.1 Å². The van der Waals surface area contributed by atoms with Crippen LogP contribution in [0, 0.1) is 0 Å². The van der Waals surface area contributed by atoms with E-state index in [1.54, 1.807) is 66.7 Å². The fraction of sp³-hybridized carbons (Fsp3) is 0.233. The second kappa shape index (κ2) is 14.2. The number of ether oxygens (including phenoxy) is 4. The Bertz CT molecular complexity index is 1250. The quantitative estimate of drug-likeness (QED) is 0.121. The van der Waals surface area contributed by atoms with Crippen LogP contribution in [0.25, 0.3) is 11.1 Å². The van der Waals surface area contributed by atoms with Gasteiger partial charge in [0.1, 0.15) is 5.75 Å². The van der Waals surface area contributed by atoms with Crippen molar-refractivity contribution in [1.29, 1.82) is 0 Å². The van der Waals surface area contributed by atoms with Crippen molar-refractivity contribution < 1.29 is 38.4 Å². The molecule has 0 spiro atoms. The Morgan fingerprint density at radius 3 is 2.00 bits per heavy atom. The van der Waals surface area contributed by atoms with Gasteiger partial charge in [-0.25, -0.2) is 14.4 Å². The zero-order valence-corrected chi connectivity index (χ0v) is 21.2. The molecule has 0 saturated heterocycles. The van der Waals surface area contributed by atoms with E-state index in [1.165, 1.54) is 7.11 Å². The van der Waals surface area contributed by atoms with Crippen LogP contribution in [0.1, 0.15) is 46.4 Å². The molecule has 0 unspecified atom stereocenters. The Morgan fingerprint density at radius 2 is 1.39 bits per heavy atom. The fourth-order valence-electron chi connectivity index (χ4n) is 3.57. The molecule has 0 radical (unpaired) electrons. The molecule has 3 aromatic carbocycles. The highest BCUT2D eigenvalue weighted by molar-refractivity contribution is 5.92. The lowest BCUT2D eigenvalue weighted by molar-refractivity contribution is -0.137. The van der Waals surface area contributed by atoms with E-state index in [9.17, 15) is 14.4 Å². The van der Waals surface area contributed by atoms with Gasteiger partial charge in [0, 0.05) is 6.08 Å². The van der Waals surface area contributed by atoms with Gasteiger partial charge in [0.25, 0.3) is 0 Å². The maximum absolute atomic E-state index is 12.7. The molecule has 0 fully saturated rings. The van der Waals surface area contributed by atoms with Crippen LogP contribution in [0.2, 0.25) is 0 Å². The van der Waals surface area contributed by atoms with E-state index in [4.69, 9.17) is 24.1 Å². The lowest BCUT2D eigenvalue weighted by Gasteiger charge is -2.12. The number of methoxy groups -OCH3 is 1. The molecule has 198 valence electrons. The van der Waals surface area contributed by atoms with Crippen molar-refractivity contribution in [2.75, 3.05) is 20.3 Å². The summed E-state index contributed by atoms with van der Waals surface area (Å²) in [5.41, 5.74) is 2.24. The first-order valence-corrected chi connectivity index (χ1v) is 12.2. The predicted molar refractivity (Wildman–Crippen MR) is 142 cm³/mol. The van der Waals surface area contributed by atoms with Crippen LogP contribution < -0.4 is 14.2 Å². The minimum absolute atomic E-state index is 0.215. The number of rotatable bonds is 14. The van der Waals surface area contributed by atoms with Gasteiger partial charge >= 0.3 is 17.9 Å². The molecule has 0 saturated carbocycles. The van der Waals surface area contributed by atoms with Crippen LogP contribution in [-0.4, -0.2) is 43.3 Å². The summed E-state index contributed by atoms with van der Waals surface area (Å²) in [5.74, 6) is -0.594. The molecule has 0 atom stereocenters. The van der Waals surface area contributed by atoms with E-state index >= 15 is 0 Å². The van der Waals surface area contributed by atoms with Crippen molar-refractivity contribution in [3.63, 3.8) is 0 Å². The Balaban J connectivity index is 1.49. The van der Waals surface area contributed by atoms with Crippen molar-refractivity contribution in [2.45, 2.75) is 25.7 Å². The van der Waals surface area contributed by atoms with Gasteiger partial charge in [-0.15, -0.1) is 0 Å². The Kier molecular flexibility index (Phi) is 10.5. The van der Waals surface area contributed by atoms with E-state index in [1.807, 2.05) is 0 Å². The number of hydrogen-bond donors (Lipinski definition) is 1. The van der Waals surface area contributed by atoms with Crippen LogP contribution >= 0.6 is 0 Å². The number of carbonyl (C=O) groups excluding carboxylic acids is 2. The van der Waals surface area contributed by atoms with Crippen molar-refractivity contribution >= 4 is 17.9 Å².